The van der Waals surface area contributed by atoms with Gasteiger partial charge in [0.15, 0.2) is 11.5 Å². The highest BCUT2D eigenvalue weighted by atomic mass is 16.5. The summed E-state index contributed by atoms with van der Waals surface area (Å²) in [6.45, 7) is -0.0609. The standard InChI is InChI=1S/C24H29N3O6/c1-32-20-9-8-17(13-21(20)33-2)10-11-27-23(30)19(26-24(27)31)14-22(29)25-18(15-28)12-16-6-4-3-5-7-16/h3-9,13,18-19,28H,10-12,14-15H2,1-2H3,(H,25,29)(H,26,31)/t18-,19+/m1/s1. The van der Waals surface area contributed by atoms with E-state index in [-0.39, 0.29) is 19.6 Å². The number of carbonyl (C=O) groups is 3. The fourth-order valence-corrected chi connectivity index (χ4v) is 3.74. The zero-order chi connectivity index (χ0) is 23.8. The number of amides is 4. The molecule has 0 unspecified atom stereocenters. The van der Waals surface area contributed by atoms with Gasteiger partial charge in [0.2, 0.25) is 5.91 Å². The minimum absolute atomic E-state index is 0.172. The first-order chi connectivity index (χ1) is 15.9. The number of hydrogen-bond acceptors (Lipinski definition) is 6. The van der Waals surface area contributed by atoms with Crippen molar-refractivity contribution in [3.05, 3.63) is 59.7 Å². The van der Waals surface area contributed by atoms with Crippen LogP contribution in [-0.4, -0.2) is 67.3 Å². The molecule has 1 aliphatic heterocycles. The van der Waals surface area contributed by atoms with E-state index in [1.807, 2.05) is 36.4 Å². The van der Waals surface area contributed by atoms with Gasteiger partial charge in [0.1, 0.15) is 6.04 Å². The molecule has 176 valence electrons. The van der Waals surface area contributed by atoms with Gasteiger partial charge in [0.05, 0.1) is 33.3 Å². The van der Waals surface area contributed by atoms with Gasteiger partial charge in [-0.1, -0.05) is 36.4 Å². The van der Waals surface area contributed by atoms with Crippen LogP contribution in [0.5, 0.6) is 11.5 Å². The minimum atomic E-state index is -0.932. The van der Waals surface area contributed by atoms with E-state index in [1.165, 1.54) is 7.11 Å². The number of urea groups is 1. The van der Waals surface area contributed by atoms with Crippen LogP contribution in [0.2, 0.25) is 0 Å². The molecule has 0 bridgehead atoms. The van der Waals surface area contributed by atoms with Crippen LogP contribution in [0.25, 0.3) is 0 Å². The van der Waals surface area contributed by atoms with Gasteiger partial charge in [-0.25, -0.2) is 4.79 Å². The lowest BCUT2D eigenvalue weighted by Crippen LogP contribution is -2.43. The predicted molar refractivity (Wildman–Crippen MR) is 121 cm³/mol. The number of imide groups is 1. The molecule has 4 amide bonds. The second-order valence-electron chi connectivity index (χ2n) is 7.77. The first-order valence-electron chi connectivity index (χ1n) is 10.7. The topological polar surface area (TPSA) is 117 Å². The minimum Gasteiger partial charge on any atom is -0.493 e. The molecule has 1 saturated heterocycles. The molecule has 0 aliphatic carbocycles. The van der Waals surface area contributed by atoms with Crippen LogP contribution in [0.15, 0.2) is 48.5 Å². The third-order valence-electron chi connectivity index (χ3n) is 5.48. The lowest BCUT2D eigenvalue weighted by Gasteiger charge is -2.18. The number of aliphatic hydroxyl groups excluding tert-OH is 1. The van der Waals surface area contributed by atoms with E-state index in [0.717, 1.165) is 16.0 Å². The summed E-state index contributed by atoms with van der Waals surface area (Å²) in [4.78, 5) is 38.6. The Bertz CT molecular complexity index is 981. The van der Waals surface area contributed by atoms with Crippen LogP contribution in [-0.2, 0) is 22.4 Å². The van der Waals surface area contributed by atoms with Gasteiger partial charge in [0.25, 0.3) is 5.91 Å². The summed E-state index contributed by atoms with van der Waals surface area (Å²) in [6.07, 6.45) is 0.705. The molecule has 0 saturated carbocycles. The Hall–Kier alpha value is -3.59. The summed E-state index contributed by atoms with van der Waals surface area (Å²) in [5, 5.41) is 14.9. The summed E-state index contributed by atoms with van der Waals surface area (Å²) in [5.41, 5.74) is 1.85. The van der Waals surface area contributed by atoms with E-state index in [9.17, 15) is 19.5 Å². The highest BCUT2D eigenvalue weighted by Gasteiger charge is 2.38. The Morgan fingerprint density at radius 3 is 2.48 bits per heavy atom. The van der Waals surface area contributed by atoms with E-state index < -0.39 is 29.9 Å². The molecular formula is C24H29N3O6. The molecule has 2 aromatic carbocycles. The molecule has 1 fully saturated rings. The van der Waals surface area contributed by atoms with Crippen LogP contribution < -0.4 is 20.1 Å². The van der Waals surface area contributed by atoms with Gasteiger partial charge in [-0.3, -0.25) is 14.5 Å². The molecule has 2 atom stereocenters. The molecule has 33 heavy (non-hydrogen) atoms. The van der Waals surface area contributed by atoms with E-state index >= 15 is 0 Å². The van der Waals surface area contributed by atoms with Gasteiger partial charge in [-0.15, -0.1) is 0 Å². The zero-order valence-corrected chi connectivity index (χ0v) is 18.7. The molecule has 0 radical (unpaired) electrons. The highest BCUT2D eigenvalue weighted by Crippen LogP contribution is 2.27. The number of methoxy groups -OCH3 is 2. The molecule has 0 spiro atoms. The fraction of sp³-hybridized carbons (Fsp3) is 0.375. The monoisotopic (exact) mass is 455 g/mol. The smallest absolute Gasteiger partial charge is 0.324 e. The van der Waals surface area contributed by atoms with Crippen molar-refractivity contribution in [2.45, 2.75) is 31.3 Å². The maximum absolute atomic E-state index is 12.7. The van der Waals surface area contributed by atoms with Gasteiger partial charge in [0, 0.05) is 6.54 Å². The Kier molecular flexibility index (Phi) is 8.26. The third-order valence-corrected chi connectivity index (χ3v) is 5.48. The number of nitrogens with zero attached hydrogens (tertiary/aromatic N) is 1. The number of ether oxygens (including phenoxy) is 2. The molecule has 0 aromatic heterocycles. The summed E-state index contributed by atoms with van der Waals surface area (Å²) in [5.74, 6) is 0.302. The molecule has 1 aliphatic rings. The zero-order valence-electron chi connectivity index (χ0n) is 18.7. The van der Waals surface area contributed by atoms with Crippen molar-refractivity contribution in [3.63, 3.8) is 0 Å². The third kappa shape index (κ3) is 6.23. The summed E-state index contributed by atoms with van der Waals surface area (Å²) in [7, 11) is 3.08. The Morgan fingerprint density at radius 1 is 1.09 bits per heavy atom. The van der Waals surface area contributed by atoms with Crippen LogP contribution in [0.4, 0.5) is 4.79 Å². The fourth-order valence-electron chi connectivity index (χ4n) is 3.74. The summed E-state index contributed by atoms with van der Waals surface area (Å²) < 4.78 is 10.5. The van der Waals surface area contributed by atoms with E-state index in [1.54, 1.807) is 19.2 Å². The van der Waals surface area contributed by atoms with Gasteiger partial charge < -0.3 is 25.2 Å². The first kappa shape index (κ1) is 24.1. The molecule has 3 N–H and O–H groups in total. The van der Waals surface area contributed by atoms with Crippen molar-refractivity contribution in [2.75, 3.05) is 27.4 Å². The maximum atomic E-state index is 12.7. The van der Waals surface area contributed by atoms with Crippen molar-refractivity contribution in [1.82, 2.24) is 15.5 Å². The average molecular weight is 456 g/mol. The quantitative estimate of drug-likeness (QED) is 0.440. The number of rotatable bonds is 11. The lowest BCUT2D eigenvalue weighted by molar-refractivity contribution is -0.131. The largest absolute Gasteiger partial charge is 0.493 e. The predicted octanol–water partition coefficient (Wildman–Crippen LogP) is 1.28. The van der Waals surface area contributed by atoms with Crippen molar-refractivity contribution < 1.29 is 29.0 Å². The number of carbonyl (C=O) groups excluding carboxylic acids is 3. The van der Waals surface area contributed by atoms with E-state index in [2.05, 4.69) is 10.6 Å². The molecule has 9 heteroatoms. The van der Waals surface area contributed by atoms with Crippen LogP contribution in [0, 0.1) is 0 Å². The number of benzene rings is 2. The highest BCUT2D eigenvalue weighted by molar-refractivity contribution is 6.05. The van der Waals surface area contributed by atoms with Crippen LogP contribution >= 0.6 is 0 Å². The van der Waals surface area contributed by atoms with E-state index in [0.29, 0.717) is 24.3 Å². The molecule has 3 rings (SSSR count). The number of aliphatic hydroxyl groups is 1. The average Bonchev–Trinajstić information content (AvgIpc) is 3.09. The second kappa shape index (κ2) is 11.3. The molecule has 9 nitrogen and oxygen atoms in total. The number of hydrogen-bond donors (Lipinski definition) is 3. The lowest BCUT2D eigenvalue weighted by atomic mass is 10.1. The second-order valence-corrected chi connectivity index (χ2v) is 7.77. The van der Waals surface area contributed by atoms with Crippen molar-refractivity contribution in [3.8, 4) is 11.5 Å². The Balaban J connectivity index is 1.53. The summed E-state index contributed by atoms with van der Waals surface area (Å²) >= 11 is 0. The van der Waals surface area contributed by atoms with Crippen molar-refractivity contribution >= 4 is 17.8 Å². The molecular weight excluding hydrogens is 426 g/mol. The van der Waals surface area contributed by atoms with Crippen molar-refractivity contribution in [1.29, 1.82) is 0 Å². The van der Waals surface area contributed by atoms with Crippen LogP contribution in [0.3, 0.4) is 0 Å². The van der Waals surface area contributed by atoms with Crippen LogP contribution in [0.1, 0.15) is 17.5 Å². The van der Waals surface area contributed by atoms with Crippen molar-refractivity contribution in [2.24, 2.45) is 0 Å². The number of nitrogens with one attached hydrogen (secondary N) is 2. The Labute approximate surface area is 192 Å². The van der Waals surface area contributed by atoms with Gasteiger partial charge in [-0.05, 0) is 36.1 Å². The van der Waals surface area contributed by atoms with Gasteiger partial charge in [-0.2, -0.15) is 0 Å². The van der Waals surface area contributed by atoms with E-state index in [4.69, 9.17) is 9.47 Å². The SMILES string of the molecule is COc1ccc(CCN2C(=O)N[C@@H](CC(=O)N[C@@H](CO)Cc3ccccc3)C2=O)cc1OC. The normalized spacial score (nSPS) is 16.3. The summed E-state index contributed by atoms with van der Waals surface area (Å²) in [6, 6.07) is 12.9. The molecule has 1 heterocycles. The Morgan fingerprint density at radius 2 is 1.82 bits per heavy atom. The molecule has 2 aromatic rings. The van der Waals surface area contributed by atoms with Gasteiger partial charge >= 0.3 is 6.03 Å². The maximum Gasteiger partial charge on any atom is 0.324 e. The first-order valence-corrected chi connectivity index (χ1v) is 10.7.